The number of anilines is 1. The molecule has 42 heavy (non-hydrogen) atoms. The zero-order valence-electron chi connectivity index (χ0n) is 21.1. The van der Waals surface area contributed by atoms with Gasteiger partial charge in [-0.1, -0.05) is 23.4 Å². The van der Waals surface area contributed by atoms with Crippen molar-refractivity contribution in [2.24, 2.45) is 5.16 Å². The van der Waals surface area contributed by atoms with Crippen molar-refractivity contribution in [1.29, 1.82) is 0 Å². The lowest BCUT2D eigenvalue weighted by Crippen LogP contribution is -2.80. The fourth-order valence-electron chi connectivity index (χ4n) is 4.60. The average Bonchev–Trinajstić information content (AvgIpc) is 3.77. The van der Waals surface area contributed by atoms with Crippen LogP contribution in [0.3, 0.4) is 0 Å². The molecule has 3 aliphatic rings. The molecule has 3 amide bonds. The van der Waals surface area contributed by atoms with Crippen molar-refractivity contribution >= 4 is 86.9 Å². The Morgan fingerprint density at radius 1 is 1.33 bits per heavy atom. The van der Waals surface area contributed by atoms with Crippen molar-refractivity contribution in [1.82, 2.24) is 40.5 Å². The van der Waals surface area contributed by atoms with Crippen LogP contribution in [0.4, 0.5) is 5.13 Å². The monoisotopic (exact) mass is 626 g/mol. The highest BCUT2D eigenvalue weighted by Crippen LogP contribution is 2.47. The quantitative estimate of drug-likeness (QED) is 0.0690. The number of allylic oxidation sites excluding steroid dienone is 1. The van der Waals surface area contributed by atoms with Crippen molar-refractivity contribution < 1.29 is 29.1 Å². The third-order valence-electron chi connectivity index (χ3n) is 6.59. The molecule has 1 saturated heterocycles. The van der Waals surface area contributed by atoms with Gasteiger partial charge in [0.1, 0.15) is 22.9 Å². The van der Waals surface area contributed by atoms with Crippen molar-refractivity contribution in [3.05, 3.63) is 46.7 Å². The van der Waals surface area contributed by atoms with E-state index in [0.717, 1.165) is 32.7 Å². The number of thiocarbonyl (C=S) groups is 1. The van der Waals surface area contributed by atoms with Gasteiger partial charge >= 0.3 is 5.97 Å². The minimum atomic E-state index is -1.73. The largest absolute Gasteiger partial charge is 0.477 e. The molecule has 3 atom stereocenters. The highest BCUT2D eigenvalue weighted by Gasteiger charge is 2.65. The van der Waals surface area contributed by atoms with E-state index in [1.165, 1.54) is 17.1 Å². The molecule has 2 aliphatic heterocycles. The average molecular weight is 627 g/mol. The molecule has 0 spiro atoms. The maximum absolute atomic E-state index is 13.7. The number of hydrogen-bond acceptors (Lipinski definition) is 14. The summed E-state index contributed by atoms with van der Waals surface area (Å²) in [6.45, 7) is 0. The molecule has 1 fully saturated rings. The number of carboxylic acid groups (broad SMARTS) is 1. The molecule has 0 bridgehead atoms. The summed E-state index contributed by atoms with van der Waals surface area (Å²) in [7, 11) is 0. The van der Waals surface area contributed by atoms with E-state index >= 15 is 0 Å². The number of β-lactam (4-membered cyclic amide) rings is 1. The fraction of sp³-hybridized carbons (Fsp3) is 0.261. The predicted octanol–water partition coefficient (Wildman–Crippen LogP) is 0.249. The second-order valence-corrected chi connectivity index (χ2v) is 11.2. The number of oxime groups is 1. The molecule has 3 aromatic rings. The van der Waals surface area contributed by atoms with Crippen LogP contribution < -0.4 is 10.6 Å². The molecule has 3 aromatic heterocycles. The topological polar surface area (TPSA) is 206 Å². The predicted molar refractivity (Wildman–Crippen MR) is 152 cm³/mol. The van der Waals surface area contributed by atoms with E-state index in [2.05, 4.69) is 41.4 Å². The SMILES string of the molecule is O=CNc1nc(C(=NOC2C=CCC2)C(=O)NC2(C=S)C(=O)N3C(C(=O)O)=C(c4ccc5nnnn5n4)CS[C@H]32)cs1. The molecule has 0 radical (unpaired) electrons. The summed E-state index contributed by atoms with van der Waals surface area (Å²) in [5.41, 5.74) is -1.27. The van der Waals surface area contributed by atoms with Gasteiger partial charge in [0.15, 0.2) is 22.0 Å². The van der Waals surface area contributed by atoms with Crippen LogP contribution in [0.1, 0.15) is 24.2 Å². The number of carboxylic acids is 1. The van der Waals surface area contributed by atoms with Crippen LogP contribution in [0.5, 0.6) is 0 Å². The molecular formula is C23H18N10O6S3. The number of aromatic nitrogens is 6. The van der Waals surface area contributed by atoms with E-state index in [9.17, 15) is 24.3 Å². The number of nitrogens with one attached hydrogen (secondary N) is 2. The first-order chi connectivity index (χ1) is 20.4. The Morgan fingerprint density at radius 3 is 2.93 bits per heavy atom. The van der Waals surface area contributed by atoms with Crippen molar-refractivity contribution in [3.63, 3.8) is 0 Å². The standard InChI is InChI=1S/C23H18N10O6S3/c34-10-24-22-25-14(8-42-22)16(29-39-11-3-1-2-4-11)18(35)26-23(9-40)20(38)32-17(19(36)37)12(7-41-21(23)32)13-5-6-15-27-30-31-33(15)28-13/h1,3,5-6,8-11,21H,2,4,7H2,(H,26,35)(H,36,37)(H,24,25,34)/t11?,21-,23?/m0/s1. The van der Waals surface area contributed by atoms with Crippen LogP contribution in [-0.2, 0) is 24.0 Å². The van der Waals surface area contributed by atoms with E-state index in [1.807, 2.05) is 12.2 Å². The molecule has 5 heterocycles. The number of nitrogens with zero attached hydrogens (tertiary/aromatic N) is 8. The van der Waals surface area contributed by atoms with Crippen LogP contribution >= 0.6 is 35.3 Å². The Labute approximate surface area is 248 Å². The number of hydrogen-bond donors (Lipinski definition) is 3. The van der Waals surface area contributed by atoms with Crippen molar-refractivity contribution in [2.75, 3.05) is 11.1 Å². The first-order valence-corrected chi connectivity index (χ1v) is 14.6. The van der Waals surface area contributed by atoms with E-state index in [0.29, 0.717) is 18.5 Å². The summed E-state index contributed by atoms with van der Waals surface area (Å²) < 4.78 is 1.15. The van der Waals surface area contributed by atoms with E-state index in [1.54, 1.807) is 12.1 Å². The summed E-state index contributed by atoms with van der Waals surface area (Å²) >= 11 is 7.48. The lowest BCUT2D eigenvalue weighted by atomic mass is 9.87. The second kappa shape index (κ2) is 11.0. The Morgan fingerprint density at radius 2 is 2.19 bits per heavy atom. The van der Waals surface area contributed by atoms with Gasteiger partial charge in [0.05, 0.1) is 5.69 Å². The molecule has 0 saturated carbocycles. The van der Waals surface area contributed by atoms with Gasteiger partial charge in [0, 0.05) is 22.1 Å². The summed E-state index contributed by atoms with van der Waals surface area (Å²) in [4.78, 5) is 61.4. The van der Waals surface area contributed by atoms with Gasteiger partial charge in [-0.3, -0.25) is 19.3 Å². The normalized spacial score (nSPS) is 23.4. The highest BCUT2D eigenvalue weighted by molar-refractivity contribution is 8.00. The minimum absolute atomic E-state index is 0.0979. The summed E-state index contributed by atoms with van der Waals surface area (Å²) in [6, 6.07) is 3.14. The van der Waals surface area contributed by atoms with Crippen molar-refractivity contribution in [2.45, 2.75) is 29.9 Å². The molecule has 0 aromatic carbocycles. The molecule has 2 unspecified atom stereocenters. The third-order valence-corrected chi connectivity index (χ3v) is 9.09. The third kappa shape index (κ3) is 4.60. The zero-order chi connectivity index (χ0) is 29.4. The van der Waals surface area contributed by atoms with Gasteiger partial charge in [0.2, 0.25) is 6.41 Å². The summed E-state index contributed by atoms with van der Waals surface area (Å²) in [5.74, 6) is -2.80. The number of thioether (sulfide) groups is 1. The number of rotatable bonds is 10. The number of amides is 3. The molecular weight excluding hydrogens is 609 g/mol. The Hall–Kier alpha value is -4.62. The van der Waals surface area contributed by atoms with Gasteiger partial charge in [0.25, 0.3) is 11.8 Å². The molecule has 16 nitrogen and oxygen atoms in total. The second-order valence-electron chi connectivity index (χ2n) is 9.05. The first kappa shape index (κ1) is 27.5. The minimum Gasteiger partial charge on any atom is -0.477 e. The Kier molecular flexibility index (Phi) is 7.21. The lowest BCUT2D eigenvalue weighted by Gasteiger charge is -2.55. The van der Waals surface area contributed by atoms with Crippen LogP contribution in [0.25, 0.3) is 11.2 Å². The molecule has 3 N–H and O–H groups in total. The smallest absolute Gasteiger partial charge is 0.353 e. The zero-order valence-corrected chi connectivity index (χ0v) is 23.6. The number of carbonyl (C=O) groups excluding carboxylic acids is 3. The van der Waals surface area contributed by atoms with Gasteiger partial charge < -0.3 is 20.6 Å². The van der Waals surface area contributed by atoms with E-state index in [-0.39, 0.29) is 45.4 Å². The van der Waals surface area contributed by atoms with Gasteiger partial charge in [-0.05, 0) is 41.5 Å². The Bertz CT molecular complexity index is 1730. The van der Waals surface area contributed by atoms with Crippen LogP contribution in [-0.4, -0.2) is 98.3 Å². The molecule has 6 rings (SSSR count). The number of tetrazole rings is 1. The maximum Gasteiger partial charge on any atom is 0.353 e. The van der Waals surface area contributed by atoms with Gasteiger partial charge in [-0.25, -0.2) is 9.78 Å². The fourth-order valence-corrected chi connectivity index (χ4v) is 7.08. The highest BCUT2D eigenvalue weighted by atomic mass is 32.2. The number of fused-ring (bicyclic) bond motifs is 2. The number of thiazole rings is 1. The van der Waals surface area contributed by atoms with Gasteiger partial charge in [-0.2, -0.15) is 0 Å². The first-order valence-electron chi connectivity index (χ1n) is 12.2. The van der Waals surface area contributed by atoms with E-state index in [4.69, 9.17) is 17.1 Å². The maximum atomic E-state index is 13.7. The lowest BCUT2D eigenvalue weighted by molar-refractivity contribution is -0.153. The number of aliphatic carboxylic acids is 1. The summed E-state index contributed by atoms with van der Waals surface area (Å²) in [6.07, 6.45) is 5.30. The van der Waals surface area contributed by atoms with Crippen molar-refractivity contribution in [3.8, 4) is 0 Å². The van der Waals surface area contributed by atoms with Crippen LogP contribution in [0.2, 0.25) is 0 Å². The van der Waals surface area contributed by atoms with Crippen LogP contribution in [0.15, 0.2) is 40.5 Å². The molecule has 1 aliphatic carbocycles. The summed E-state index contributed by atoms with van der Waals surface area (Å²) in [5, 5.41) is 36.5. The van der Waals surface area contributed by atoms with E-state index < -0.39 is 28.7 Å². The van der Waals surface area contributed by atoms with Crippen LogP contribution in [0, 0.1) is 0 Å². The Balaban J connectivity index is 1.31. The molecule has 214 valence electrons. The van der Waals surface area contributed by atoms with Gasteiger partial charge in [-0.15, -0.1) is 37.9 Å². The number of carbonyl (C=O) groups is 4. The molecule has 19 heteroatoms.